The molecule has 0 spiro atoms. The Kier molecular flexibility index (Phi) is 6.93. The number of aromatic hydroxyl groups is 2. The van der Waals surface area contributed by atoms with Crippen LogP contribution >= 0.6 is 12.2 Å². The van der Waals surface area contributed by atoms with E-state index in [1.807, 2.05) is 31.2 Å². The molecule has 0 aliphatic carbocycles. The second-order valence-electron chi connectivity index (χ2n) is 9.80. The molecule has 2 heterocycles. The molecule has 2 aromatic heterocycles. The lowest BCUT2D eigenvalue weighted by molar-refractivity contribution is 0.441. The van der Waals surface area contributed by atoms with Gasteiger partial charge in [0.25, 0.3) is 0 Å². The van der Waals surface area contributed by atoms with E-state index in [0.29, 0.717) is 16.4 Å². The smallest absolute Gasteiger partial charge is 0.344 e. The van der Waals surface area contributed by atoms with Crippen molar-refractivity contribution in [1.29, 1.82) is 0 Å². The molecule has 8 nitrogen and oxygen atoms in total. The maximum Gasteiger partial charge on any atom is 0.344 e. The van der Waals surface area contributed by atoms with Gasteiger partial charge in [-0.2, -0.15) is 0 Å². The molecule has 0 aliphatic rings. The number of fused-ring (bicyclic) bond motifs is 2. The Labute approximate surface area is 244 Å². The molecule has 0 unspecified atom stereocenters. The molecule has 0 saturated carbocycles. The zero-order valence-corrected chi connectivity index (χ0v) is 23.1. The van der Waals surface area contributed by atoms with Crippen molar-refractivity contribution in [2.45, 2.75) is 12.8 Å². The summed E-state index contributed by atoms with van der Waals surface area (Å²) in [6.45, 7) is 1.98. The van der Waals surface area contributed by atoms with Gasteiger partial charge in [-0.1, -0.05) is 48.5 Å². The summed E-state index contributed by atoms with van der Waals surface area (Å²) in [5.41, 5.74) is 1.23. The summed E-state index contributed by atoms with van der Waals surface area (Å²) in [5.74, 6) is -1.94. The van der Waals surface area contributed by atoms with E-state index in [2.05, 4.69) is 10.6 Å². The molecule has 208 valence electrons. The Balaban J connectivity index is 1.46. The SMILES string of the molecule is Cc1cccc(NC(=S)Nc2ccc(C(c3c(O)c4ccccc4oc3=O)c3c(O)c4ccccc4oc3=O)cc2)c1. The molecule has 0 atom stereocenters. The van der Waals surface area contributed by atoms with Crippen LogP contribution < -0.4 is 21.9 Å². The van der Waals surface area contributed by atoms with E-state index >= 15 is 0 Å². The van der Waals surface area contributed by atoms with Gasteiger partial charge in [-0.3, -0.25) is 0 Å². The van der Waals surface area contributed by atoms with E-state index in [4.69, 9.17) is 21.1 Å². The van der Waals surface area contributed by atoms with Crippen LogP contribution in [0.4, 0.5) is 11.4 Å². The summed E-state index contributed by atoms with van der Waals surface area (Å²) in [6.07, 6.45) is 0. The Morgan fingerprint density at radius 2 is 1.21 bits per heavy atom. The number of anilines is 2. The minimum Gasteiger partial charge on any atom is -0.507 e. The number of rotatable bonds is 5. The molecule has 0 amide bonds. The predicted molar refractivity (Wildman–Crippen MR) is 167 cm³/mol. The maximum atomic E-state index is 13.4. The van der Waals surface area contributed by atoms with E-state index in [9.17, 15) is 19.8 Å². The van der Waals surface area contributed by atoms with Crippen molar-refractivity contribution in [2.24, 2.45) is 0 Å². The summed E-state index contributed by atoms with van der Waals surface area (Å²) in [5, 5.41) is 29.9. The number of para-hydroxylation sites is 2. The number of hydrogen-bond acceptors (Lipinski definition) is 7. The molecule has 6 aromatic rings. The van der Waals surface area contributed by atoms with Gasteiger partial charge in [0.2, 0.25) is 0 Å². The molecule has 0 bridgehead atoms. The Morgan fingerprint density at radius 1 is 0.690 bits per heavy atom. The van der Waals surface area contributed by atoms with Crippen LogP contribution in [0, 0.1) is 6.92 Å². The van der Waals surface area contributed by atoms with Crippen LogP contribution in [-0.4, -0.2) is 15.3 Å². The lowest BCUT2D eigenvalue weighted by Gasteiger charge is -2.20. The standard InChI is InChI=1S/C33H24N2O6S/c1-18-7-6-8-21(17-18)35-33(42)34-20-15-13-19(14-16-20)26(27-29(36)22-9-2-4-11-24(22)40-31(27)38)28-30(37)23-10-3-5-12-25(23)41-32(28)39/h2-17,26,36-37H,1H3,(H2,34,35,42). The van der Waals surface area contributed by atoms with E-state index < -0.39 is 17.2 Å². The van der Waals surface area contributed by atoms with Gasteiger partial charge in [-0.15, -0.1) is 0 Å². The first-order valence-electron chi connectivity index (χ1n) is 13.0. The molecule has 0 radical (unpaired) electrons. The van der Waals surface area contributed by atoms with Gasteiger partial charge in [0.1, 0.15) is 22.7 Å². The summed E-state index contributed by atoms with van der Waals surface area (Å²) >= 11 is 5.46. The first kappa shape index (κ1) is 26.8. The lowest BCUT2D eigenvalue weighted by Crippen LogP contribution is -2.21. The zero-order valence-electron chi connectivity index (χ0n) is 22.3. The van der Waals surface area contributed by atoms with Gasteiger partial charge in [-0.25, -0.2) is 9.59 Å². The van der Waals surface area contributed by atoms with Crippen molar-refractivity contribution < 1.29 is 19.0 Å². The molecule has 0 aliphatic heterocycles. The second kappa shape index (κ2) is 10.9. The Bertz CT molecular complexity index is 2000. The minimum atomic E-state index is -1.22. The summed E-state index contributed by atoms with van der Waals surface area (Å²) in [4.78, 5) is 26.7. The summed E-state index contributed by atoms with van der Waals surface area (Å²) in [6, 6.07) is 27.6. The average Bonchev–Trinajstić information content (AvgIpc) is 2.97. The molecule has 4 aromatic carbocycles. The van der Waals surface area contributed by atoms with Crippen molar-refractivity contribution >= 4 is 50.6 Å². The van der Waals surface area contributed by atoms with Gasteiger partial charge in [-0.05, 0) is 78.8 Å². The van der Waals surface area contributed by atoms with Crippen molar-refractivity contribution in [1.82, 2.24) is 0 Å². The monoisotopic (exact) mass is 576 g/mol. The Morgan fingerprint density at radius 3 is 1.76 bits per heavy atom. The molecule has 6 rings (SSSR count). The van der Waals surface area contributed by atoms with E-state index in [1.54, 1.807) is 72.8 Å². The zero-order chi connectivity index (χ0) is 29.4. The minimum absolute atomic E-state index is 0.187. The van der Waals surface area contributed by atoms with E-state index in [-0.39, 0.29) is 44.6 Å². The fourth-order valence-electron chi connectivity index (χ4n) is 5.06. The molecular weight excluding hydrogens is 552 g/mol. The van der Waals surface area contributed by atoms with E-state index in [1.165, 1.54) is 0 Å². The van der Waals surface area contributed by atoms with Crippen LogP contribution in [0.3, 0.4) is 0 Å². The maximum absolute atomic E-state index is 13.4. The van der Waals surface area contributed by atoms with Gasteiger partial charge in [0, 0.05) is 11.4 Å². The van der Waals surface area contributed by atoms with Crippen molar-refractivity contribution in [2.75, 3.05) is 10.6 Å². The normalized spacial score (nSPS) is 11.2. The van der Waals surface area contributed by atoms with Crippen LogP contribution in [0.15, 0.2) is 115 Å². The number of nitrogens with one attached hydrogen (secondary N) is 2. The molecular formula is C33H24N2O6S. The first-order valence-corrected chi connectivity index (χ1v) is 13.4. The number of hydrogen-bond donors (Lipinski definition) is 4. The Hall–Kier alpha value is -5.41. The van der Waals surface area contributed by atoms with Crippen molar-refractivity contribution in [3.05, 3.63) is 140 Å². The second-order valence-corrected chi connectivity index (χ2v) is 10.2. The third-order valence-electron chi connectivity index (χ3n) is 6.99. The number of thiocarbonyl (C=S) groups is 1. The van der Waals surface area contributed by atoms with E-state index in [0.717, 1.165) is 11.3 Å². The quantitative estimate of drug-likeness (QED) is 0.133. The highest BCUT2D eigenvalue weighted by atomic mass is 32.1. The van der Waals surface area contributed by atoms with Crippen LogP contribution in [0.25, 0.3) is 21.9 Å². The molecule has 4 N–H and O–H groups in total. The first-order chi connectivity index (χ1) is 20.3. The predicted octanol–water partition coefficient (Wildman–Crippen LogP) is 6.61. The van der Waals surface area contributed by atoms with Gasteiger partial charge >= 0.3 is 11.3 Å². The fourth-order valence-corrected chi connectivity index (χ4v) is 5.29. The van der Waals surface area contributed by atoms with Crippen LogP contribution in [0.5, 0.6) is 11.5 Å². The highest BCUT2D eigenvalue weighted by Gasteiger charge is 2.32. The van der Waals surface area contributed by atoms with Crippen LogP contribution in [-0.2, 0) is 0 Å². The van der Waals surface area contributed by atoms with Crippen molar-refractivity contribution in [3.63, 3.8) is 0 Å². The molecule has 9 heteroatoms. The largest absolute Gasteiger partial charge is 0.507 e. The summed E-state index contributed by atoms with van der Waals surface area (Å²) < 4.78 is 11.1. The summed E-state index contributed by atoms with van der Waals surface area (Å²) in [7, 11) is 0. The molecule has 42 heavy (non-hydrogen) atoms. The topological polar surface area (TPSA) is 125 Å². The molecule has 0 saturated heterocycles. The number of benzene rings is 4. The van der Waals surface area contributed by atoms with Gasteiger partial charge in [0.05, 0.1) is 27.8 Å². The number of aryl methyl sites for hydroxylation is 1. The highest BCUT2D eigenvalue weighted by molar-refractivity contribution is 7.80. The third-order valence-corrected chi connectivity index (χ3v) is 7.20. The lowest BCUT2D eigenvalue weighted by atomic mass is 9.84. The van der Waals surface area contributed by atoms with Crippen LogP contribution in [0.1, 0.15) is 28.2 Å². The van der Waals surface area contributed by atoms with Gasteiger partial charge in [0.15, 0.2) is 5.11 Å². The molecule has 0 fully saturated rings. The van der Waals surface area contributed by atoms with Gasteiger partial charge < -0.3 is 29.7 Å². The van der Waals surface area contributed by atoms with Crippen molar-refractivity contribution in [3.8, 4) is 11.5 Å². The van der Waals surface area contributed by atoms with Crippen LogP contribution in [0.2, 0.25) is 0 Å². The highest BCUT2D eigenvalue weighted by Crippen LogP contribution is 2.42. The average molecular weight is 577 g/mol. The third kappa shape index (κ3) is 4.97. The fraction of sp³-hybridized carbons (Fsp3) is 0.0606.